The molecule has 4 heterocycles. The zero-order valence-electron chi connectivity index (χ0n) is 20.5. The summed E-state index contributed by atoms with van der Waals surface area (Å²) in [5.41, 5.74) is 0.438. The molecular weight excluding hydrogens is 539 g/mol. The first-order valence-corrected chi connectivity index (χ1v) is 12.6. The molecule has 2 bridgehead atoms. The standard InChI is InChI=1S/C26H25ClF3N5O4/c27-21-9-22-24(33-23(21)15-3-1-4-16(7-15)26(28,29)30)35(18-5-2-6-34(22)12-18)25(38)32-17-8-20(11-31-10-17)39-14-19(37)13-36/h1,3-4,7-11,18-19,36-37H,2,5-6,12-14H2,(H,32,38)/t18-,19?/m0/s1. The molecule has 2 aromatic heterocycles. The number of nitrogens with one attached hydrogen (secondary N) is 1. The number of carbonyl (C=O) groups excluding carboxylic acids is 1. The Kier molecular flexibility index (Phi) is 7.52. The second kappa shape index (κ2) is 10.9. The molecule has 206 valence electrons. The third kappa shape index (κ3) is 5.72. The number of anilines is 3. The number of ether oxygens (including phenoxy) is 1. The maximum absolute atomic E-state index is 13.6. The molecule has 1 aromatic carbocycles. The van der Waals surface area contributed by atoms with E-state index in [9.17, 15) is 23.1 Å². The number of alkyl halides is 3. The Balaban J connectivity index is 1.48. The van der Waals surface area contributed by atoms with E-state index in [-0.39, 0.29) is 34.7 Å². The number of aliphatic hydroxyl groups is 2. The number of pyridine rings is 2. The van der Waals surface area contributed by atoms with Crippen molar-refractivity contribution >= 4 is 34.8 Å². The zero-order valence-corrected chi connectivity index (χ0v) is 21.3. The minimum absolute atomic E-state index is 0.139. The predicted molar refractivity (Wildman–Crippen MR) is 139 cm³/mol. The lowest BCUT2D eigenvalue weighted by Crippen LogP contribution is -2.56. The Labute approximate surface area is 226 Å². The number of urea groups is 1. The molecule has 3 N–H and O–H groups in total. The monoisotopic (exact) mass is 563 g/mol. The Hall–Kier alpha value is -3.61. The highest BCUT2D eigenvalue weighted by Gasteiger charge is 2.39. The summed E-state index contributed by atoms with van der Waals surface area (Å²) in [6.07, 6.45) is -1.22. The van der Waals surface area contributed by atoms with Crippen molar-refractivity contribution in [2.45, 2.75) is 31.2 Å². The number of aromatic nitrogens is 2. The normalized spacial score (nSPS) is 17.4. The molecule has 5 rings (SSSR count). The molecule has 0 aliphatic carbocycles. The van der Waals surface area contributed by atoms with Gasteiger partial charge in [-0.05, 0) is 31.0 Å². The maximum Gasteiger partial charge on any atom is 0.416 e. The molecule has 0 saturated carbocycles. The van der Waals surface area contributed by atoms with Crippen LogP contribution in [0.2, 0.25) is 5.02 Å². The molecule has 13 heteroatoms. The van der Waals surface area contributed by atoms with Crippen molar-refractivity contribution in [1.82, 2.24) is 9.97 Å². The molecule has 2 aliphatic heterocycles. The van der Waals surface area contributed by atoms with E-state index in [0.29, 0.717) is 30.2 Å². The predicted octanol–water partition coefficient (Wildman–Crippen LogP) is 4.57. The Morgan fingerprint density at radius 2 is 2.08 bits per heavy atom. The van der Waals surface area contributed by atoms with Gasteiger partial charge in [0, 0.05) is 24.7 Å². The topological polar surface area (TPSA) is 111 Å². The van der Waals surface area contributed by atoms with Crippen molar-refractivity contribution in [2.75, 3.05) is 41.4 Å². The molecule has 1 saturated heterocycles. The van der Waals surface area contributed by atoms with Gasteiger partial charge in [-0.1, -0.05) is 23.7 Å². The fourth-order valence-corrected chi connectivity index (χ4v) is 4.99. The second-order valence-electron chi connectivity index (χ2n) is 9.34. The molecule has 1 fully saturated rings. The summed E-state index contributed by atoms with van der Waals surface area (Å²) in [5.74, 6) is 0.576. The smallest absolute Gasteiger partial charge is 0.416 e. The van der Waals surface area contributed by atoms with Crippen LogP contribution in [0.4, 0.5) is 35.2 Å². The van der Waals surface area contributed by atoms with Gasteiger partial charge in [0.15, 0.2) is 5.82 Å². The number of hydrogen-bond donors (Lipinski definition) is 3. The third-order valence-electron chi connectivity index (χ3n) is 6.57. The first kappa shape index (κ1) is 27.0. The SMILES string of the molecule is O=C(Nc1cncc(OCC(O)CO)c1)N1c2nc(-c3cccc(C(F)(F)F)c3)c(Cl)cc2N2CCC[C@H]1C2. The number of amides is 2. The van der Waals surface area contributed by atoms with E-state index in [1.807, 2.05) is 0 Å². The number of aliphatic hydroxyl groups excluding tert-OH is 2. The molecule has 0 radical (unpaired) electrons. The molecule has 2 atom stereocenters. The van der Waals surface area contributed by atoms with Crippen molar-refractivity contribution in [3.8, 4) is 17.0 Å². The van der Waals surface area contributed by atoms with Crippen LogP contribution in [0.5, 0.6) is 5.75 Å². The average Bonchev–Trinajstić information content (AvgIpc) is 2.92. The molecular formula is C26H25ClF3N5O4. The lowest BCUT2D eigenvalue weighted by molar-refractivity contribution is -0.137. The van der Waals surface area contributed by atoms with Crippen LogP contribution in [0.3, 0.4) is 0 Å². The minimum atomic E-state index is -4.53. The third-order valence-corrected chi connectivity index (χ3v) is 6.85. The van der Waals surface area contributed by atoms with Gasteiger partial charge in [-0.2, -0.15) is 13.2 Å². The van der Waals surface area contributed by atoms with Crippen molar-refractivity contribution in [2.24, 2.45) is 0 Å². The van der Waals surface area contributed by atoms with E-state index in [1.54, 1.807) is 6.07 Å². The largest absolute Gasteiger partial charge is 0.489 e. The van der Waals surface area contributed by atoms with Crippen LogP contribution in [-0.4, -0.2) is 64.7 Å². The zero-order chi connectivity index (χ0) is 27.7. The molecule has 3 aromatic rings. The van der Waals surface area contributed by atoms with E-state index < -0.39 is 30.5 Å². The van der Waals surface area contributed by atoms with Crippen LogP contribution >= 0.6 is 11.6 Å². The summed E-state index contributed by atoms with van der Waals surface area (Å²) in [7, 11) is 0. The summed E-state index contributed by atoms with van der Waals surface area (Å²) < 4.78 is 45.5. The fourth-order valence-electron chi connectivity index (χ4n) is 4.74. The van der Waals surface area contributed by atoms with Gasteiger partial charge in [0.1, 0.15) is 18.5 Å². The molecule has 0 spiro atoms. The molecule has 39 heavy (non-hydrogen) atoms. The second-order valence-corrected chi connectivity index (χ2v) is 9.75. The van der Waals surface area contributed by atoms with Gasteiger partial charge in [0.2, 0.25) is 0 Å². The van der Waals surface area contributed by atoms with Crippen molar-refractivity contribution in [1.29, 1.82) is 0 Å². The van der Waals surface area contributed by atoms with Crippen molar-refractivity contribution < 1.29 is 32.9 Å². The van der Waals surface area contributed by atoms with Gasteiger partial charge in [-0.15, -0.1) is 0 Å². The van der Waals surface area contributed by atoms with Crippen LogP contribution < -0.4 is 19.9 Å². The van der Waals surface area contributed by atoms with E-state index in [4.69, 9.17) is 21.4 Å². The number of halogens is 4. The van der Waals surface area contributed by atoms with Gasteiger partial charge >= 0.3 is 12.2 Å². The van der Waals surface area contributed by atoms with E-state index >= 15 is 0 Å². The minimum Gasteiger partial charge on any atom is -0.489 e. The molecule has 9 nitrogen and oxygen atoms in total. The first-order chi connectivity index (χ1) is 18.6. The van der Waals surface area contributed by atoms with Crippen LogP contribution in [0.15, 0.2) is 48.8 Å². The Morgan fingerprint density at radius 3 is 2.85 bits per heavy atom. The number of piperidine rings is 1. The lowest BCUT2D eigenvalue weighted by Gasteiger charge is -2.46. The van der Waals surface area contributed by atoms with E-state index in [0.717, 1.165) is 25.1 Å². The molecule has 2 amide bonds. The lowest BCUT2D eigenvalue weighted by atomic mass is 9.99. The van der Waals surface area contributed by atoms with E-state index in [1.165, 1.54) is 35.5 Å². The summed E-state index contributed by atoms with van der Waals surface area (Å²) >= 11 is 6.53. The number of nitrogens with zero attached hydrogens (tertiary/aromatic N) is 4. The number of rotatable bonds is 6. The summed E-state index contributed by atoms with van der Waals surface area (Å²) in [5, 5.41) is 21.4. The quantitative estimate of drug-likeness (QED) is 0.403. The molecule has 1 unspecified atom stereocenters. The maximum atomic E-state index is 13.6. The highest BCUT2D eigenvalue weighted by atomic mass is 35.5. The number of hydrogen-bond acceptors (Lipinski definition) is 7. The first-order valence-electron chi connectivity index (χ1n) is 12.2. The highest BCUT2D eigenvalue weighted by molar-refractivity contribution is 6.33. The van der Waals surface area contributed by atoms with Crippen molar-refractivity contribution in [3.63, 3.8) is 0 Å². The fraction of sp³-hybridized carbons (Fsp3) is 0.346. The average molecular weight is 564 g/mol. The van der Waals surface area contributed by atoms with Crippen LogP contribution in [0.1, 0.15) is 18.4 Å². The van der Waals surface area contributed by atoms with E-state index in [2.05, 4.69) is 20.2 Å². The molecule has 2 aliphatic rings. The van der Waals surface area contributed by atoms with Crippen LogP contribution in [0.25, 0.3) is 11.3 Å². The van der Waals surface area contributed by atoms with Gasteiger partial charge in [-0.3, -0.25) is 9.88 Å². The summed E-state index contributed by atoms with van der Waals surface area (Å²) in [6.45, 7) is 0.677. The van der Waals surface area contributed by atoms with Gasteiger partial charge in [-0.25, -0.2) is 9.78 Å². The van der Waals surface area contributed by atoms with Gasteiger partial charge in [0.25, 0.3) is 0 Å². The van der Waals surface area contributed by atoms with Crippen LogP contribution in [-0.2, 0) is 6.18 Å². The number of fused-ring (bicyclic) bond motifs is 4. The number of carbonyl (C=O) groups is 1. The number of benzene rings is 1. The summed E-state index contributed by atoms with van der Waals surface area (Å²) in [4.78, 5) is 25.9. The Morgan fingerprint density at radius 1 is 1.26 bits per heavy atom. The van der Waals surface area contributed by atoms with Crippen molar-refractivity contribution in [3.05, 3.63) is 59.4 Å². The highest BCUT2D eigenvalue weighted by Crippen LogP contribution is 2.43. The van der Waals surface area contributed by atoms with Gasteiger partial charge in [0.05, 0.1) is 52.7 Å². The summed E-state index contributed by atoms with van der Waals surface area (Å²) in [6, 6.07) is 7.19. The Bertz CT molecular complexity index is 1380. The van der Waals surface area contributed by atoms with Crippen LogP contribution in [0, 0.1) is 0 Å². The van der Waals surface area contributed by atoms with Gasteiger partial charge < -0.3 is 25.2 Å².